The Hall–Kier alpha value is -1.97. The van der Waals surface area contributed by atoms with Crippen LogP contribution in [0.25, 0.3) is 11.3 Å². The average molecular weight is 218 g/mol. The molecule has 4 heteroatoms. The average Bonchev–Trinajstić information content (AvgIpc) is 2.74. The monoisotopic (exact) mass is 218 g/mol. The summed E-state index contributed by atoms with van der Waals surface area (Å²) >= 11 is 0. The molecular weight excluding hydrogens is 204 g/mol. The summed E-state index contributed by atoms with van der Waals surface area (Å²) in [6.07, 6.45) is 1.00. The van der Waals surface area contributed by atoms with E-state index in [0.29, 0.717) is 5.88 Å². The van der Waals surface area contributed by atoms with E-state index in [1.807, 2.05) is 24.3 Å². The summed E-state index contributed by atoms with van der Waals surface area (Å²) < 4.78 is 10.3. The van der Waals surface area contributed by atoms with Crippen LogP contribution in [0.3, 0.4) is 0 Å². The van der Waals surface area contributed by atoms with E-state index in [2.05, 4.69) is 12.1 Å². The molecule has 0 aliphatic heterocycles. The molecule has 16 heavy (non-hydrogen) atoms. The van der Waals surface area contributed by atoms with Crippen molar-refractivity contribution in [2.45, 2.75) is 13.3 Å². The minimum absolute atomic E-state index is 0.321. The van der Waals surface area contributed by atoms with Crippen LogP contribution >= 0.6 is 0 Å². The highest BCUT2D eigenvalue weighted by atomic mass is 16.5. The molecule has 2 aromatic rings. The van der Waals surface area contributed by atoms with E-state index in [-0.39, 0.29) is 0 Å². The number of nitrogen functional groups attached to an aromatic ring is 1. The molecule has 0 aliphatic carbocycles. The van der Waals surface area contributed by atoms with Crippen molar-refractivity contribution in [2.75, 3.05) is 12.3 Å². The Kier molecular flexibility index (Phi) is 3.10. The maximum atomic E-state index is 5.48. The molecule has 1 aromatic carbocycles. The summed E-state index contributed by atoms with van der Waals surface area (Å²) in [5.74, 6) is 1.18. The number of aromatic nitrogens is 1. The van der Waals surface area contributed by atoms with E-state index in [4.69, 9.17) is 15.0 Å². The fourth-order valence-electron chi connectivity index (χ4n) is 1.37. The molecule has 0 fully saturated rings. The second-order valence-corrected chi connectivity index (χ2v) is 3.49. The summed E-state index contributed by atoms with van der Waals surface area (Å²) in [7, 11) is 0. The summed E-state index contributed by atoms with van der Waals surface area (Å²) in [6.45, 7) is 2.81. The van der Waals surface area contributed by atoms with Crippen LogP contribution in [0.15, 0.2) is 34.9 Å². The number of hydrogen-bond acceptors (Lipinski definition) is 4. The third-order valence-electron chi connectivity index (χ3n) is 2.15. The predicted molar refractivity (Wildman–Crippen MR) is 62.1 cm³/mol. The number of benzene rings is 1. The molecule has 1 aromatic heterocycles. The number of rotatable bonds is 4. The molecule has 1 heterocycles. The van der Waals surface area contributed by atoms with Crippen molar-refractivity contribution >= 4 is 5.88 Å². The van der Waals surface area contributed by atoms with Crippen molar-refractivity contribution in [3.05, 3.63) is 30.3 Å². The Morgan fingerprint density at radius 2 is 2.06 bits per heavy atom. The number of nitrogens with two attached hydrogens (primary N) is 1. The van der Waals surface area contributed by atoms with Gasteiger partial charge in [-0.25, -0.2) is 0 Å². The molecule has 0 aliphatic rings. The van der Waals surface area contributed by atoms with Gasteiger partial charge in [-0.15, -0.1) is 0 Å². The van der Waals surface area contributed by atoms with Crippen LogP contribution in [-0.4, -0.2) is 11.8 Å². The molecule has 0 unspecified atom stereocenters. The standard InChI is InChI=1S/C12H14N2O2/c1-2-7-15-10-5-3-9(4-6-10)11-8-12(13)16-14-11/h3-6,8H,2,7,13H2,1H3. The SMILES string of the molecule is CCCOc1ccc(-c2cc(N)on2)cc1. The van der Waals surface area contributed by atoms with Crippen LogP contribution in [0.1, 0.15) is 13.3 Å². The first-order valence-electron chi connectivity index (χ1n) is 5.25. The third-order valence-corrected chi connectivity index (χ3v) is 2.15. The first-order chi connectivity index (χ1) is 7.79. The van der Waals surface area contributed by atoms with Gasteiger partial charge in [-0.1, -0.05) is 12.1 Å². The van der Waals surface area contributed by atoms with Crippen molar-refractivity contribution < 1.29 is 9.26 Å². The maximum absolute atomic E-state index is 5.48. The van der Waals surface area contributed by atoms with Crippen LogP contribution in [0.4, 0.5) is 5.88 Å². The normalized spacial score (nSPS) is 10.3. The van der Waals surface area contributed by atoms with Crippen LogP contribution in [0, 0.1) is 0 Å². The van der Waals surface area contributed by atoms with Gasteiger partial charge in [0.2, 0.25) is 5.88 Å². The van der Waals surface area contributed by atoms with Gasteiger partial charge in [-0.2, -0.15) is 0 Å². The van der Waals surface area contributed by atoms with E-state index >= 15 is 0 Å². The van der Waals surface area contributed by atoms with Crippen molar-refractivity contribution in [2.24, 2.45) is 0 Å². The van der Waals surface area contributed by atoms with Crippen LogP contribution in [0.2, 0.25) is 0 Å². The van der Waals surface area contributed by atoms with Crippen LogP contribution in [-0.2, 0) is 0 Å². The van der Waals surface area contributed by atoms with Crippen molar-refractivity contribution in [3.63, 3.8) is 0 Å². The third kappa shape index (κ3) is 2.34. The molecule has 0 saturated carbocycles. The molecule has 0 saturated heterocycles. The number of anilines is 1. The highest BCUT2D eigenvalue weighted by Gasteiger charge is 2.03. The molecular formula is C12H14N2O2. The Balaban J connectivity index is 2.13. The Morgan fingerprint density at radius 3 is 2.62 bits per heavy atom. The minimum Gasteiger partial charge on any atom is -0.494 e. The number of nitrogens with zero attached hydrogens (tertiary/aromatic N) is 1. The van der Waals surface area contributed by atoms with Gasteiger partial charge in [-0.3, -0.25) is 0 Å². The van der Waals surface area contributed by atoms with Crippen molar-refractivity contribution in [1.82, 2.24) is 5.16 Å². The van der Waals surface area contributed by atoms with E-state index in [1.165, 1.54) is 0 Å². The van der Waals surface area contributed by atoms with Crippen LogP contribution < -0.4 is 10.5 Å². The summed E-state index contributed by atoms with van der Waals surface area (Å²) in [5.41, 5.74) is 7.16. The molecule has 84 valence electrons. The topological polar surface area (TPSA) is 61.3 Å². The van der Waals surface area contributed by atoms with Gasteiger partial charge in [-0.05, 0) is 30.7 Å². The zero-order chi connectivity index (χ0) is 11.4. The molecule has 0 bridgehead atoms. The summed E-state index contributed by atoms with van der Waals surface area (Å²) in [6, 6.07) is 9.39. The quantitative estimate of drug-likeness (QED) is 0.857. The number of ether oxygens (including phenoxy) is 1. The van der Waals surface area contributed by atoms with Gasteiger partial charge >= 0.3 is 0 Å². The minimum atomic E-state index is 0.321. The van der Waals surface area contributed by atoms with Crippen molar-refractivity contribution in [3.8, 4) is 17.0 Å². The zero-order valence-corrected chi connectivity index (χ0v) is 9.14. The second kappa shape index (κ2) is 4.70. The Labute approximate surface area is 94.0 Å². The van der Waals surface area contributed by atoms with Crippen molar-refractivity contribution in [1.29, 1.82) is 0 Å². The molecule has 0 amide bonds. The van der Waals surface area contributed by atoms with E-state index < -0.39 is 0 Å². The molecule has 0 atom stereocenters. The molecule has 0 spiro atoms. The lowest BCUT2D eigenvalue weighted by molar-refractivity contribution is 0.317. The lowest BCUT2D eigenvalue weighted by atomic mass is 10.1. The maximum Gasteiger partial charge on any atom is 0.222 e. The summed E-state index contributed by atoms with van der Waals surface area (Å²) in [5, 5.41) is 3.84. The van der Waals surface area contributed by atoms with Gasteiger partial charge in [0.15, 0.2) is 0 Å². The van der Waals surface area contributed by atoms with Gasteiger partial charge in [0, 0.05) is 11.6 Å². The number of hydrogen-bond donors (Lipinski definition) is 1. The first kappa shape index (κ1) is 10.5. The largest absolute Gasteiger partial charge is 0.494 e. The van der Waals surface area contributed by atoms with E-state index in [9.17, 15) is 0 Å². The first-order valence-corrected chi connectivity index (χ1v) is 5.25. The molecule has 0 radical (unpaired) electrons. The van der Waals surface area contributed by atoms with Crippen LogP contribution in [0.5, 0.6) is 5.75 Å². The molecule has 2 N–H and O–H groups in total. The summed E-state index contributed by atoms with van der Waals surface area (Å²) in [4.78, 5) is 0. The Morgan fingerprint density at radius 1 is 1.31 bits per heavy atom. The van der Waals surface area contributed by atoms with Gasteiger partial charge < -0.3 is 15.0 Å². The highest BCUT2D eigenvalue weighted by Crippen LogP contribution is 2.22. The van der Waals surface area contributed by atoms with Gasteiger partial charge in [0.1, 0.15) is 11.4 Å². The van der Waals surface area contributed by atoms with E-state index in [1.54, 1.807) is 6.07 Å². The van der Waals surface area contributed by atoms with Gasteiger partial charge in [0.05, 0.1) is 6.61 Å². The Bertz CT molecular complexity index is 448. The highest BCUT2D eigenvalue weighted by molar-refractivity contribution is 5.61. The fraction of sp³-hybridized carbons (Fsp3) is 0.250. The lowest BCUT2D eigenvalue weighted by Crippen LogP contribution is -1.94. The van der Waals surface area contributed by atoms with E-state index in [0.717, 1.165) is 30.0 Å². The molecule has 2 rings (SSSR count). The predicted octanol–water partition coefficient (Wildman–Crippen LogP) is 2.71. The lowest BCUT2D eigenvalue weighted by Gasteiger charge is -2.04. The zero-order valence-electron chi connectivity index (χ0n) is 9.14. The van der Waals surface area contributed by atoms with Gasteiger partial charge in [0.25, 0.3) is 0 Å². The molecule has 4 nitrogen and oxygen atoms in total. The smallest absolute Gasteiger partial charge is 0.222 e. The second-order valence-electron chi connectivity index (χ2n) is 3.49. The fourth-order valence-corrected chi connectivity index (χ4v) is 1.37.